The molecule has 0 amide bonds. The average molecular weight is 1120 g/mol. The van der Waals surface area contributed by atoms with Crippen molar-refractivity contribution in [2.24, 2.45) is 0 Å². The van der Waals surface area contributed by atoms with Crippen molar-refractivity contribution in [2.45, 2.75) is 309 Å². The molecule has 81 heavy (non-hydrogen) atoms. The number of allylic oxidation sites excluding steroid dienone is 22. The molecule has 6 nitrogen and oxygen atoms in total. The zero-order chi connectivity index (χ0) is 58.5. The number of ether oxygens (including phenoxy) is 3. The summed E-state index contributed by atoms with van der Waals surface area (Å²) >= 11 is 0. The lowest BCUT2D eigenvalue weighted by Crippen LogP contribution is -2.30. The molecule has 0 aromatic carbocycles. The molecule has 0 bridgehead atoms. The third-order valence-corrected chi connectivity index (χ3v) is 14.1. The van der Waals surface area contributed by atoms with E-state index in [1.807, 2.05) is 0 Å². The number of hydrogen-bond donors (Lipinski definition) is 0. The summed E-state index contributed by atoms with van der Waals surface area (Å²) in [7, 11) is 0. The van der Waals surface area contributed by atoms with E-state index in [0.29, 0.717) is 25.7 Å². The van der Waals surface area contributed by atoms with Gasteiger partial charge < -0.3 is 14.2 Å². The molecule has 0 aliphatic carbocycles. The van der Waals surface area contributed by atoms with E-state index in [1.165, 1.54) is 135 Å². The number of esters is 3. The van der Waals surface area contributed by atoms with Gasteiger partial charge in [0.2, 0.25) is 0 Å². The van der Waals surface area contributed by atoms with E-state index in [4.69, 9.17) is 14.2 Å². The minimum absolute atomic E-state index is 0.0963. The Bertz CT molecular complexity index is 1720. The van der Waals surface area contributed by atoms with Gasteiger partial charge in [0.25, 0.3) is 0 Å². The molecule has 0 N–H and O–H groups in total. The lowest BCUT2D eigenvalue weighted by atomic mass is 10.0. The highest BCUT2D eigenvalue weighted by Gasteiger charge is 2.19. The fourth-order valence-corrected chi connectivity index (χ4v) is 9.11. The topological polar surface area (TPSA) is 78.9 Å². The van der Waals surface area contributed by atoms with Gasteiger partial charge >= 0.3 is 17.9 Å². The Morgan fingerprint density at radius 2 is 0.481 bits per heavy atom. The smallest absolute Gasteiger partial charge is 0.306 e. The molecule has 0 aromatic heterocycles. The Labute approximate surface area is 500 Å². The Morgan fingerprint density at radius 3 is 0.790 bits per heavy atom. The summed E-state index contributed by atoms with van der Waals surface area (Å²) in [5, 5.41) is 0. The first-order valence-corrected chi connectivity index (χ1v) is 33.7. The van der Waals surface area contributed by atoms with Crippen LogP contribution in [0.25, 0.3) is 0 Å². The second-order valence-corrected chi connectivity index (χ2v) is 22.0. The van der Waals surface area contributed by atoms with Gasteiger partial charge in [-0.2, -0.15) is 0 Å². The van der Waals surface area contributed by atoms with Crippen LogP contribution in [0.2, 0.25) is 0 Å². The van der Waals surface area contributed by atoms with Gasteiger partial charge in [0.05, 0.1) is 0 Å². The normalized spacial score (nSPS) is 13.0. The Morgan fingerprint density at radius 1 is 0.259 bits per heavy atom. The van der Waals surface area contributed by atoms with Crippen molar-refractivity contribution in [3.63, 3.8) is 0 Å². The quantitative estimate of drug-likeness (QED) is 0.0261. The molecule has 0 rings (SSSR count). The minimum Gasteiger partial charge on any atom is -0.462 e. The van der Waals surface area contributed by atoms with Crippen molar-refractivity contribution < 1.29 is 28.6 Å². The van der Waals surface area contributed by atoms with Crippen LogP contribution in [-0.4, -0.2) is 37.2 Å². The van der Waals surface area contributed by atoms with Crippen molar-refractivity contribution in [1.82, 2.24) is 0 Å². The van der Waals surface area contributed by atoms with Gasteiger partial charge in [-0.3, -0.25) is 14.4 Å². The minimum atomic E-state index is -0.802. The molecule has 0 saturated heterocycles. The summed E-state index contributed by atoms with van der Waals surface area (Å²) in [5.74, 6) is -0.943. The van der Waals surface area contributed by atoms with Crippen LogP contribution in [-0.2, 0) is 28.6 Å². The van der Waals surface area contributed by atoms with Crippen LogP contribution in [0.5, 0.6) is 0 Å². The number of unbranched alkanes of at least 4 members (excludes halogenated alkanes) is 27. The number of carbonyl (C=O) groups excluding carboxylic acids is 3. The average Bonchev–Trinajstić information content (AvgIpc) is 3.47. The highest BCUT2D eigenvalue weighted by atomic mass is 16.6. The third kappa shape index (κ3) is 66.2. The predicted octanol–water partition coefficient (Wildman–Crippen LogP) is 23.3. The maximum atomic E-state index is 12.9. The van der Waals surface area contributed by atoms with E-state index >= 15 is 0 Å². The van der Waals surface area contributed by atoms with E-state index in [9.17, 15) is 14.4 Å². The summed E-state index contributed by atoms with van der Waals surface area (Å²) in [6.45, 7) is 6.49. The molecule has 6 heteroatoms. The number of rotatable bonds is 60. The van der Waals surface area contributed by atoms with Crippen molar-refractivity contribution in [1.29, 1.82) is 0 Å². The molecule has 0 saturated carbocycles. The molecule has 0 aromatic rings. The number of carbonyl (C=O) groups is 3. The zero-order valence-corrected chi connectivity index (χ0v) is 52.8. The SMILES string of the molecule is CC/C=C\C/C=C\C/C=C\C/C=C\C/C=C\C/C=C\C/C=C\C/C=C\C/C=C\C/C=C\CCCCC(=O)OCC(COC(=O)CCCCCCC/C=C\CCCCCCC)OC(=O)CCCCCCCCCCCCCCCCCC. The number of hydrogen-bond acceptors (Lipinski definition) is 6. The van der Waals surface area contributed by atoms with Crippen LogP contribution in [0.4, 0.5) is 0 Å². The summed E-state index contributed by atoms with van der Waals surface area (Å²) in [6, 6.07) is 0. The maximum absolute atomic E-state index is 12.9. The van der Waals surface area contributed by atoms with Gasteiger partial charge in [-0.1, -0.05) is 296 Å². The molecule has 0 heterocycles. The van der Waals surface area contributed by atoms with E-state index < -0.39 is 6.10 Å². The van der Waals surface area contributed by atoms with E-state index in [-0.39, 0.29) is 31.1 Å². The van der Waals surface area contributed by atoms with Crippen LogP contribution >= 0.6 is 0 Å². The Hall–Kier alpha value is -4.45. The fraction of sp³-hybridized carbons (Fsp3) is 0.667. The third-order valence-electron chi connectivity index (χ3n) is 14.1. The first kappa shape index (κ1) is 76.5. The maximum Gasteiger partial charge on any atom is 0.306 e. The second-order valence-electron chi connectivity index (χ2n) is 22.0. The van der Waals surface area contributed by atoms with Gasteiger partial charge in [0, 0.05) is 19.3 Å². The first-order chi connectivity index (χ1) is 40.0. The molecule has 1 unspecified atom stereocenters. The lowest BCUT2D eigenvalue weighted by Gasteiger charge is -2.18. The summed E-state index contributed by atoms with van der Waals surface area (Å²) in [4.78, 5) is 38.3. The van der Waals surface area contributed by atoms with Gasteiger partial charge in [0.1, 0.15) is 13.2 Å². The van der Waals surface area contributed by atoms with E-state index in [1.54, 1.807) is 0 Å². The van der Waals surface area contributed by atoms with Crippen molar-refractivity contribution in [2.75, 3.05) is 13.2 Å². The van der Waals surface area contributed by atoms with Gasteiger partial charge in [-0.15, -0.1) is 0 Å². The molecule has 0 radical (unpaired) electrons. The van der Waals surface area contributed by atoms with Crippen LogP contribution in [0, 0.1) is 0 Å². The highest BCUT2D eigenvalue weighted by molar-refractivity contribution is 5.71. The Kier molecular flexibility index (Phi) is 64.3. The second kappa shape index (κ2) is 68.1. The van der Waals surface area contributed by atoms with Gasteiger partial charge in [-0.25, -0.2) is 0 Å². The monoisotopic (exact) mass is 1120 g/mol. The predicted molar refractivity (Wildman–Crippen MR) is 353 cm³/mol. The lowest BCUT2D eigenvalue weighted by molar-refractivity contribution is -0.167. The van der Waals surface area contributed by atoms with Crippen LogP contribution in [0.3, 0.4) is 0 Å². The highest BCUT2D eigenvalue weighted by Crippen LogP contribution is 2.16. The molecular formula is C75H124O6. The van der Waals surface area contributed by atoms with Crippen LogP contribution in [0.1, 0.15) is 303 Å². The van der Waals surface area contributed by atoms with Crippen molar-refractivity contribution >= 4 is 17.9 Å². The molecule has 460 valence electrons. The summed E-state index contributed by atoms with van der Waals surface area (Å²) in [5.41, 5.74) is 0. The molecule has 0 spiro atoms. The molecule has 0 aliphatic rings. The first-order valence-electron chi connectivity index (χ1n) is 33.7. The molecular weight excluding hydrogens is 997 g/mol. The standard InChI is InChI=1S/C75H124O6/c1-4-7-10-13-16-19-22-25-28-30-31-32-33-34-35-36-37-38-39-40-41-42-43-44-45-46-48-50-53-56-59-62-65-68-74(77)80-71-72(70-79-73(76)67-64-61-58-55-52-49-27-24-21-18-15-12-9-6-3)81-75(78)69-66-63-60-57-54-51-47-29-26-23-20-17-14-11-8-5-2/h7,10,16,19,24-25,27-28,31-32,34-35,37-38,40-41,43-44,46,48,53,56,72H,4-6,8-9,11-15,17-18,20-23,26,29-30,33,36,39,42,45,47,49-52,54-55,57-71H2,1-3H3/b10-7-,19-16-,27-24-,28-25-,32-31-,35-34-,38-37-,41-40-,44-43-,48-46-,56-53-. The molecule has 1 atom stereocenters. The zero-order valence-electron chi connectivity index (χ0n) is 52.8. The van der Waals surface area contributed by atoms with E-state index in [2.05, 4.69) is 154 Å². The molecule has 0 aliphatic heterocycles. The summed E-state index contributed by atoms with van der Waals surface area (Å²) < 4.78 is 16.9. The van der Waals surface area contributed by atoms with Crippen molar-refractivity contribution in [3.8, 4) is 0 Å². The van der Waals surface area contributed by atoms with Crippen LogP contribution in [0.15, 0.2) is 134 Å². The van der Waals surface area contributed by atoms with Crippen LogP contribution < -0.4 is 0 Å². The Balaban J connectivity index is 4.38. The van der Waals surface area contributed by atoms with Crippen molar-refractivity contribution in [3.05, 3.63) is 134 Å². The summed E-state index contributed by atoms with van der Waals surface area (Å²) in [6.07, 6.45) is 96.1. The van der Waals surface area contributed by atoms with E-state index in [0.717, 1.165) is 122 Å². The fourth-order valence-electron chi connectivity index (χ4n) is 9.11. The molecule has 0 fully saturated rings. The van der Waals surface area contributed by atoms with Gasteiger partial charge in [0.15, 0.2) is 6.10 Å². The largest absolute Gasteiger partial charge is 0.462 e. The van der Waals surface area contributed by atoms with Gasteiger partial charge in [-0.05, 0) is 122 Å².